The number of amides is 1. The summed E-state index contributed by atoms with van der Waals surface area (Å²) in [6.45, 7) is 1.53. The van der Waals surface area contributed by atoms with E-state index in [4.69, 9.17) is 21.1 Å². The minimum Gasteiger partial charge on any atom is -0.497 e. The van der Waals surface area contributed by atoms with E-state index in [0.29, 0.717) is 16.7 Å². The average molecular weight is 399 g/mol. The van der Waals surface area contributed by atoms with Crippen LogP contribution in [0.15, 0.2) is 48.7 Å². The van der Waals surface area contributed by atoms with E-state index in [-0.39, 0.29) is 12.5 Å². The number of aromatic amines is 1. The third-order valence-electron chi connectivity index (χ3n) is 5.38. The molecule has 1 saturated heterocycles. The number of hydrogen-bond acceptors (Lipinski definition) is 3. The zero-order valence-corrected chi connectivity index (χ0v) is 16.5. The normalized spacial score (nSPS) is 15.0. The first kappa shape index (κ1) is 18.7. The predicted octanol–water partition coefficient (Wildman–Crippen LogP) is 4.61. The molecule has 0 atom stereocenters. The first-order chi connectivity index (χ1) is 13.6. The molecule has 5 nitrogen and oxygen atoms in total. The topological polar surface area (TPSA) is 54.6 Å². The largest absolute Gasteiger partial charge is 0.497 e. The van der Waals surface area contributed by atoms with Gasteiger partial charge in [-0.15, -0.1) is 0 Å². The third kappa shape index (κ3) is 3.94. The van der Waals surface area contributed by atoms with E-state index in [9.17, 15) is 4.79 Å². The van der Waals surface area contributed by atoms with Crippen molar-refractivity contribution in [1.29, 1.82) is 0 Å². The van der Waals surface area contributed by atoms with Gasteiger partial charge in [-0.05, 0) is 66.8 Å². The van der Waals surface area contributed by atoms with Gasteiger partial charge in [0.15, 0.2) is 6.61 Å². The van der Waals surface area contributed by atoms with Gasteiger partial charge in [0.2, 0.25) is 0 Å². The highest BCUT2D eigenvalue weighted by molar-refractivity contribution is 6.30. The summed E-state index contributed by atoms with van der Waals surface area (Å²) < 4.78 is 11.0. The number of carbonyl (C=O) groups is 1. The van der Waals surface area contributed by atoms with Crippen LogP contribution in [-0.2, 0) is 4.79 Å². The number of likely N-dealkylation sites (tertiary alicyclic amines) is 1. The van der Waals surface area contributed by atoms with Gasteiger partial charge < -0.3 is 19.4 Å². The molecule has 0 unspecified atom stereocenters. The number of fused-ring (bicyclic) bond motifs is 1. The van der Waals surface area contributed by atoms with E-state index in [1.165, 1.54) is 10.9 Å². The van der Waals surface area contributed by atoms with E-state index < -0.39 is 0 Å². The molecule has 28 heavy (non-hydrogen) atoms. The molecule has 0 saturated carbocycles. The average Bonchev–Trinajstić information content (AvgIpc) is 3.16. The van der Waals surface area contributed by atoms with Crippen molar-refractivity contribution >= 4 is 28.4 Å². The number of halogens is 1. The number of rotatable bonds is 5. The van der Waals surface area contributed by atoms with Gasteiger partial charge in [-0.25, -0.2) is 0 Å². The Hall–Kier alpha value is -2.66. The lowest BCUT2D eigenvalue weighted by Gasteiger charge is -2.32. The fourth-order valence-corrected chi connectivity index (χ4v) is 3.92. The number of methoxy groups -OCH3 is 1. The second-order valence-corrected chi connectivity index (χ2v) is 7.49. The minimum atomic E-state index is 0.0222. The van der Waals surface area contributed by atoms with Crippen LogP contribution in [0.2, 0.25) is 5.02 Å². The van der Waals surface area contributed by atoms with Gasteiger partial charge in [-0.2, -0.15) is 0 Å². The van der Waals surface area contributed by atoms with Crippen LogP contribution in [0.25, 0.3) is 10.9 Å². The number of carbonyl (C=O) groups excluding carboxylic acids is 1. The molecule has 6 heteroatoms. The maximum Gasteiger partial charge on any atom is 0.260 e. The molecule has 1 fully saturated rings. The molecule has 0 aliphatic carbocycles. The maximum absolute atomic E-state index is 12.5. The van der Waals surface area contributed by atoms with Crippen LogP contribution in [0.5, 0.6) is 11.5 Å². The maximum atomic E-state index is 12.5. The van der Waals surface area contributed by atoms with Crippen LogP contribution < -0.4 is 9.47 Å². The van der Waals surface area contributed by atoms with Crippen molar-refractivity contribution in [3.8, 4) is 11.5 Å². The molecular formula is C22H23ClN2O3. The lowest BCUT2D eigenvalue weighted by molar-refractivity contribution is -0.134. The van der Waals surface area contributed by atoms with Crippen molar-refractivity contribution in [2.45, 2.75) is 18.8 Å². The second-order valence-electron chi connectivity index (χ2n) is 7.05. The van der Waals surface area contributed by atoms with E-state index in [0.717, 1.165) is 37.2 Å². The Balaban J connectivity index is 1.35. The highest BCUT2D eigenvalue weighted by Gasteiger charge is 2.25. The number of nitrogens with zero attached hydrogens (tertiary/aromatic N) is 1. The van der Waals surface area contributed by atoms with Crippen molar-refractivity contribution in [1.82, 2.24) is 9.88 Å². The molecule has 4 rings (SSSR count). The van der Waals surface area contributed by atoms with Crippen molar-refractivity contribution in [2.75, 3.05) is 26.8 Å². The molecule has 1 aliphatic heterocycles. The quantitative estimate of drug-likeness (QED) is 0.682. The van der Waals surface area contributed by atoms with Gasteiger partial charge >= 0.3 is 0 Å². The molecule has 0 spiro atoms. The lowest BCUT2D eigenvalue weighted by atomic mass is 9.89. The number of hydrogen-bond donors (Lipinski definition) is 1. The molecule has 3 aromatic rings. The monoisotopic (exact) mass is 398 g/mol. The van der Waals surface area contributed by atoms with Crippen molar-refractivity contribution in [3.63, 3.8) is 0 Å². The Bertz CT molecular complexity index is 960. The SMILES string of the molecule is COc1ccc2[nH]cc(C3CCN(C(=O)COc4ccc(Cl)cc4)CC3)c2c1. The van der Waals surface area contributed by atoms with Gasteiger partial charge in [0.25, 0.3) is 5.91 Å². The lowest BCUT2D eigenvalue weighted by Crippen LogP contribution is -2.40. The number of H-pyrrole nitrogens is 1. The summed E-state index contributed by atoms with van der Waals surface area (Å²) >= 11 is 5.87. The highest BCUT2D eigenvalue weighted by atomic mass is 35.5. The van der Waals surface area contributed by atoms with Crippen LogP contribution >= 0.6 is 11.6 Å². The molecule has 2 aromatic carbocycles. The zero-order valence-electron chi connectivity index (χ0n) is 15.8. The molecule has 1 N–H and O–H groups in total. The summed E-state index contributed by atoms with van der Waals surface area (Å²) in [5.41, 5.74) is 2.42. The van der Waals surface area contributed by atoms with Gasteiger partial charge in [-0.1, -0.05) is 11.6 Å². The van der Waals surface area contributed by atoms with Crippen LogP contribution in [0.4, 0.5) is 0 Å². The van der Waals surface area contributed by atoms with Crippen LogP contribution in [0.3, 0.4) is 0 Å². The fourth-order valence-electron chi connectivity index (χ4n) is 3.79. The fraction of sp³-hybridized carbons (Fsp3) is 0.318. The first-order valence-electron chi connectivity index (χ1n) is 9.45. The molecule has 146 valence electrons. The summed E-state index contributed by atoms with van der Waals surface area (Å²) in [4.78, 5) is 17.7. The van der Waals surface area contributed by atoms with Crippen molar-refractivity contribution < 1.29 is 14.3 Å². The smallest absolute Gasteiger partial charge is 0.260 e. The second kappa shape index (κ2) is 8.15. The molecule has 0 bridgehead atoms. The van der Waals surface area contributed by atoms with E-state index in [1.54, 1.807) is 31.4 Å². The number of aromatic nitrogens is 1. The Labute approximate surface area is 169 Å². The Morgan fingerprint density at radius 2 is 1.86 bits per heavy atom. The predicted molar refractivity (Wildman–Crippen MR) is 110 cm³/mol. The molecule has 1 amide bonds. The summed E-state index contributed by atoms with van der Waals surface area (Å²) in [5, 5.41) is 1.85. The van der Waals surface area contributed by atoms with E-state index >= 15 is 0 Å². The Morgan fingerprint density at radius 3 is 2.57 bits per heavy atom. The van der Waals surface area contributed by atoms with Gasteiger partial charge in [-0.3, -0.25) is 4.79 Å². The third-order valence-corrected chi connectivity index (χ3v) is 5.64. The zero-order chi connectivity index (χ0) is 19.5. The first-order valence-corrected chi connectivity index (χ1v) is 9.83. The molecule has 1 aromatic heterocycles. The Kier molecular flexibility index (Phi) is 5.44. The standard InChI is InChI=1S/C22H23ClN2O3/c1-27-18-6-7-21-19(12-18)20(13-24-21)15-8-10-25(11-9-15)22(26)14-28-17-4-2-16(23)3-5-17/h2-7,12-13,15,24H,8-11,14H2,1H3. The Morgan fingerprint density at radius 1 is 1.14 bits per heavy atom. The number of ether oxygens (including phenoxy) is 2. The summed E-state index contributed by atoms with van der Waals surface area (Å²) in [6.07, 6.45) is 3.98. The van der Waals surface area contributed by atoms with Crippen LogP contribution in [-0.4, -0.2) is 42.6 Å². The number of piperidine rings is 1. The van der Waals surface area contributed by atoms with Gasteiger partial charge in [0, 0.05) is 35.2 Å². The molecule has 2 heterocycles. The number of benzene rings is 2. The van der Waals surface area contributed by atoms with Crippen molar-refractivity contribution in [2.24, 2.45) is 0 Å². The van der Waals surface area contributed by atoms with Crippen LogP contribution in [0, 0.1) is 0 Å². The summed E-state index contributed by atoms with van der Waals surface area (Å²) in [5.74, 6) is 1.97. The highest BCUT2D eigenvalue weighted by Crippen LogP contribution is 2.34. The van der Waals surface area contributed by atoms with Crippen molar-refractivity contribution in [3.05, 3.63) is 59.2 Å². The summed E-state index contributed by atoms with van der Waals surface area (Å²) in [6, 6.07) is 13.1. The van der Waals surface area contributed by atoms with E-state index in [1.807, 2.05) is 17.0 Å². The summed E-state index contributed by atoms with van der Waals surface area (Å²) in [7, 11) is 1.68. The van der Waals surface area contributed by atoms with Gasteiger partial charge in [0.05, 0.1) is 7.11 Å². The minimum absolute atomic E-state index is 0.0222. The van der Waals surface area contributed by atoms with E-state index in [2.05, 4.69) is 17.2 Å². The molecule has 1 aliphatic rings. The molecular weight excluding hydrogens is 376 g/mol. The van der Waals surface area contributed by atoms with Crippen LogP contribution in [0.1, 0.15) is 24.3 Å². The van der Waals surface area contributed by atoms with Gasteiger partial charge in [0.1, 0.15) is 11.5 Å². The molecule has 0 radical (unpaired) electrons. The number of nitrogens with one attached hydrogen (secondary N) is 1.